The summed E-state index contributed by atoms with van der Waals surface area (Å²) in [4.78, 5) is 23.3. The van der Waals surface area contributed by atoms with E-state index in [1.54, 1.807) is 0 Å². The summed E-state index contributed by atoms with van der Waals surface area (Å²) in [7, 11) is -5.04. The molecule has 9 atom stereocenters. The second kappa shape index (κ2) is 33.2. The molecule has 8 N–H and O–H groups in total. The highest BCUT2D eigenvalue weighted by atomic mass is 31.2. The summed E-state index contributed by atoms with van der Waals surface area (Å²) in [6.45, 7) is 3.87. The standard InChI is InChI=1S/C42H84NO11P/c1-3-5-7-9-11-13-15-16-17-18-19-20-21-22-24-26-28-30-32-36(45)43-34(35(44)31-29-27-25-23-14-12-10-8-6-4-2)33-53-55(51,52)54-42-40(49)38(47)37(46)39(48)41(42)50/h34-35,37-42,44,46-50H,3-33H2,1-2H3,(H,43,45)(H,51,52)/t34-,35+,37?,38+,39?,40?,41?,42?/m0/s1. The van der Waals surface area contributed by atoms with Crippen LogP contribution in [-0.2, 0) is 18.4 Å². The summed E-state index contributed by atoms with van der Waals surface area (Å²) in [6, 6.07) is -1.02. The Kier molecular flexibility index (Phi) is 31.6. The monoisotopic (exact) mass is 810 g/mol. The van der Waals surface area contributed by atoms with Gasteiger partial charge in [-0.15, -0.1) is 0 Å². The topological polar surface area (TPSA) is 206 Å². The molecule has 1 aliphatic carbocycles. The van der Waals surface area contributed by atoms with Gasteiger partial charge in [-0.25, -0.2) is 4.57 Å². The van der Waals surface area contributed by atoms with Gasteiger partial charge < -0.3 is 40.8 Å². The largest absolute Gasteiger partial charge is 0.472 e. The number of unbranched alkanes of at least 4 members (excludes halogenated alkanes) is 26. The van der Waals surface area contributed by atoms with Crippen molar-refractivity contribution in [2.75, 3.05) is 6.61 Å². The van der Waals surface area contributed by atoms with Gasteiger partial charge in [0, 0.05) is 6.42 Å². The molecular formula is C42H84NO11P. The van der Waals surface area contributed by atoms with Crippen molar-refractivity contribution < 1.29 is 53.9 Å². The first-order chi connectivity index (χ1) is 26.4. The fourth-order valence-electron chi connectivity index (χ4n) is 7.44. The fourth-order valence-corrected chi connectivity index (χ4v) is 8.40. The lowest BCUT2D eigenvalue weighted by Gasteiger charge is -2.41. The van der Waals surface area contributed by atoms with Gasteiger partial charge in [0.15, 0.2) is 0 Å². The molecule has 0 spiro atoms. The zero-order valence-corrected chi connectivity index (χ0v) is 35.6. The number of rotatable bonds is 37. The molecule has 13 heteroatoms. The quantitative estimate of drug-likeness (QED) is 0.0224. The van der Waals surface area contributed by atoms with E-state index in [9.17, 15) is 44.9 Å². The lowest BCUT2D eigenvalue weighted by atomic mass is 9.85. The smallest absolute Gasteiger partial charge is 0.391 e. The Morgan fingerprint density at radius 2 is 0.873 bits per heavy atom. The fraction of sp³-hybridized carbons (Fsp3) is 0.976. The van der Waals surface area contributed by atoms with E-state index in [-0.39, 0.29) is 12.3 Å². The summed E-state index contributed by atoms with van der Waals surface area (Å²) < 4.78 is 22.9. The van der Waals surface area contributed by atoms with Crippen molar-refractivity contribution >= 4 is 13.7 Å². The molecule has 328 valence electrons. The van der Waals surface area contributed by atoms with Crippen molar-refractivity contribution in [2.45, 2.75) is 255 Å². The van der Waals surface area contributed by atoms with Crippen LogP contribution >= 0.6 is 7.82 Å². The van der Waals surface area contributed by atoms with Crippen LogP contribution in [0.4, 0.5) is 0 Å². The average molecular weight is 810 g/mol. The minimum absolute atomic E-state index is 0.242. The Morgan fingerprint density at radius 1 is 0.545 bits per heavy atom. The number of amides is 1. The molecule has 0 radical (unpaired) electrons. The van der Waals surface area contributed by atoms with Crippen LogP contribution in [0.3, 0.4) is 0 Å². The zero-order chi connectivity index (χ0) is 40.7. The van der Waals surface area contributed by atoms with Gasteiger partial charge in [-0.2, -0.15) is 0 Å². The summed E-state index contributed by atoms with van der Waals surface area (Å²) in [5.41, 5.74) is 0. The highest BCUT2D eigenvalue weighted by Gasteiger charge is 2.51. The van der Waals surface area contributed by atoms with Crippen molar-refractivity contribution in [1.29, 1.82) is 0 Å². The van der Waals surface area contributed by atoms with Gasteiger partial charge in [0.1, 0.15) is 36.6 Å². The molecule has 6 unspecified atom stereocenters. The number of hydrogen-bond donors (Lipinski definition) is 8. The second-order valence-electron chi connectivity index (χ2n) is 16.3. The molecule has 1 fully saturated rings. The van der Waals surface area contributed by atoms with Crippen LogP contribution in [0.5, 0.6) is 0 Å². The molecule has 12 nitrogen and oxygen atoms in total. The van der Waals surface area contributed by atoms with Gasteiger partial charge in [-0.05, 0) is 12.8 Å². The third kappa shape index (κ3) is 25.4. The number of aliphatic hydroxyl groups is 6. The molecule has 0 aliphatic heterocycles. The number of carbonyl (C=O) groups excluding carboxylic acids is 1. The minimum atomic E-state index is -5.04. The van der Waals surface area contributed by atoms with E-state index >= 15 is 0 Å². The summed E-state index contributed by atoms with van der Waals surface area (Å²) in [6.07, 6.45) is 21.5. The molecule has 0 heterocycles. The normalized spacial score (nSPS) is 23.7. The Bertz CT molecular complexity index is 946. The minimum Gasteiger partial charge on any atom is -0.391 e. The highest BCUT2D eigenvalue weighted by molar-refractivity contribution is 7.47. The second-order valence-corrected chi connectivity index (χ2v) is 17.7. The van der Waals surface area contributed by atoms with Gasteiger partial charge in [0.25, 0.3) is 0 Å². The first-order valence-electron chi connectivity index (χ1n) is 22.5. The molecule has 1 amide bonds. The molecule has 1 rings (SSSR count). The van der Waals surface area contributed by atoms with E-state index in [0.717, 1.165) is 38.5 Å². The molecule has 0 saturated heterocycles. The number of nitrogens with one attached hydrogen (secondary N) is 1. The average Bonchev–Trinajstić information content (AvgIpc) is 3.16. The van der Waals surface area contributed by atoms with Crippen LogP contribution in [0.15, 0.2) is 0 Å². The van der Waals surface area contributed by atoms with Crippen LogP contribution in [0, 0.1) is 0 Å². The number of hydrogen-bond acceptors (Lipinski definition) is 10. The number of phosphoric ester groups is 1. The van der Waals surface area contributed by atoms with Gasteiger partial charge in [-0.3, -0.25) is 13.8 Å². The Labute approximate surface area is 334 Å². The summed E-state index contributed by atoms with van der Waals surface area (Å²) in [5, 5.41) is 63.9. The van der Waals surface area contributed by atoms with Gasteiger partial charge in [-0.1, -0.05) is 187 Å². The van der Waals surface area contributed by atoms with Crippen LogP contribution in [0.1, 0.15) is 206 Å². The molecule has 1 aliphatic rings. The summed E-state index contributed by atoms with van der Waals surface area (Å²) >= 11 is 0. The maximum atomic E-state index is 12.9. The first kappa shape index (κ1) is 52.4. The van der Waals surface area contributed by atoms with E-state index in [0.29, 0.717) is 19.3 Å². The van der Waals surface area contributed by atoms with E-state index in [1.165, 1.54) is 128 Å². The van der Waals surface area contributed by atoms with E-state index < -0.39 is 63.2 Å². The van der Waals surface area contributed by atoms with Crippen LogP contribution in [-0.4, -0.2) is 96.8 Å². The Balaban J connectivity index is 2.43. The Morgan fingerprint density at radius 3 is 1.25 bits per heavy atom. The summed E-state index contributed by atoms with van der Waals surface area (Å²) in [5.74, 6) is -0.306. The third-order valence-electron chi connectivity index (χ3n) is 11.2. The van der Waals surface area contributed by atoms with Gasteiger partial charge in [0.05, 0.1) is 18.8 Å². The predicted molar refractivity (Wildman–Crippen MR) is 218 cm³/mol. The number of carbonyl (C=O) groups is 1. The molecule has 0 aromatic heterocycles. The van der Waals surface area contributed by atoms with Gasteiger partial charge >= 0.3 is 7.82 Å². The Hall–Kier alpha value is -0.660. The van der Waals surface area contributed by atoms with E-state index in [2.05, 4.69) is 19.2 Å². The highest BCUT2D eigenvalue weighted by Crippen LogP contribution is 2.47. The molecule has 55 heavy (non-hydrogen) atoms. The van der Waals surface area contributed by atoms with Crippen molar-refractivity contribution in [1.82, 2.24) is 5.32 Å². The molecular weight excluding hydrogens is 725 g/mol. The molecule has 1 saturated carbocycles. The van der Waals surface area contributed by atoms with Crippen LogP contribution < -0.4 is 5.32 Å². The molecule has 0 aromatic carbocycles. The first-order valence-corrected chi connectivity index (χ1v) is 24.0. The van der Waals surface area contributed by atoms with Gasteiger partial charge in [0.2, 0.25) is 5.91 Å². The van der Waals surface area contributed by atoms with Crippen LogP contribution in [0.25, 0.3) is 0 Å². The molecule has 0 bridgehead atoms. The maximum Gasteiger partial charge on any atom is 0.472 e. The van der Waals surface area contributed by atoms with Crippen molar-refractivity contribution in [2.24, 2.45) is 0 Å². The van der Waals surface area contributed by atoms with E-state index in [4.69, 9.17) is 9.05 Å². The number of phosphoric acid groups is 1. The van der Waals surface area contributed by atoms with Crippen molar-refractivity contribution in [3.8, 4) is 0 Å². The zero-order valence-electron chi connectivity index (χ0n) is 34.7. The number of aliphatic hydroxyl groups excluding tert-OH is 6. The third-order valence-corrected chi connectivity index (χ3v) is 12.2. The lowest BCUT2D eigenvalue weighted by molar-refractivity contribution is -0.220. The van der Waals surface area contributed by atoms with E-state index in [1.807, 2.05) is 0 Å². The maximum absolute atomic E-state index is 12.9. The predicted octanol–water partition coefficient (Wildman–Crippen LogP) is 7.90. The molecule has 0 aromatic rings. The van der Waals surface area contributed by atoms with Crippen molar-refractivity contribution in [3.63, 3.8) is 0 Å². The lowest BCUT2D eigenvalue weighted by Crippen LogP contribution is -2.64. The van der Waals surface area contributed by atoms with Crippen LogP contribution in [0.2, 0.25) is 0 Å². The van der Waals surface area contributed by atoms with Crippen molar-refractivity contribution in [3.05, 3.63) is 0 Å². The SMILES string of the molecule is CCCCCCCCCCCCCCCCCCCCC(=O)N[C@@H](COP(=O)(O)OC1C(O)C(O)C(O)[C@@H](O)C1O)[C@H](O)CCCCCCCCCCCC.